The Balaban J connectivity index is 2.77. The fourth-order valence-electron chi connectivity index (χ4n) is 0.608. The van der Waals surface area contributed by atoms with Gasteiger partial charge in [-0.15, -0.1) is 0 Å². The van der Waals surface area contributed by atoms with Crippen LogP contribution >= 0.6 is 22.2 Å². The molecule has 0 atom stereocenters. The number of rotatable bonds is 6. The maximum Gasteiger partial charge on any atom is 0.237 e. The van der Waals surface area contributed by atoms with Crippen LogP contribution in [0.3, 0.4) is 0 Å². The highest BCUT2D eigenvalue weighted by Gasteiger charge is 1.99. The number of nitrogens with one attached hydrogen (secondary N) is 1. The van der Waals surface area contributed by atoms with Crippen LogP contribution in [0.2, 0.25) is 6.04 Å². The highest BCUT2D eigenvalue weighted by Crippen LogP contribution is 2.04. The van der Waals surface area contributed by atoms with Gasteiger partial charge < -0.3 is 11.1 Å². The van der Waals surface area contributed by atoms with E-state index in [9.17, 15) is 0 Å². The van der Waals surface area contributed by atoms with Gasteiger partial charge >= 0.3 is 0 Å². The molecule has 0 heterocycles. The molecule has 62 valence electrons. The molecular weight excluding hydrogens is 187 g/mol. The highest BCUT2D eigenvalue weighted by molar-refractivity contribution is 7.33. The van der Waals surface area contributed by atoms with Crippen molar-refractivity contribution in [3.8, 4) is 0 Å². The molecule has 0 amide bonds. The lowest BCUT2D eigenvalue weighted by molar-refractivity contribution is 0.677. The van der Waals surface area contributed by atoms with Gasteiger partial charge in [0.1, 0.15) is 0 Å². The van der Waals surface area contributed by atoms with E-state index in [2.05, 4.69) is 5.32 Å². The molecule has 0 fully saturated rings. The van der Waals surface area contributed by atoms with Gasteiger partial charge in [-0.05, 0) is 19.0 Å². The first-order valence-electron chi connectivity index (χ1n) is 3.46. The van der Waals surface area contributed by atoms with E-state index in [0.29, 0.717) is 6.54 Å². The lowest BCUT2D eigenvalue weighted by Crippen LogP contribution is -2.23. The lowest BCUT2D eigenvalue weighted by Gasteiger charge is -2.01. The maximum absolute atomic E-state index is 5.64. The zero-order valence-electron chi connectivity index (χ0n) is 5.95. The first-order chi connectivity index (χ1) is 4.77. The van der Waals surface area contributed by atoms with Crippen molar-refractivity contribution in [2.75, 3.05) is 19.6 Å². The molecule has 0 aliphatic rings. The summed E-state index contributed by atoms with van der Waals surface area (Å²) in [6, 6.07) is 0.987. The Kier molecular flexibility index (Phi) is 8.38. The normalized spacial score (nSPS) is 10.8. The van der Waals surface area contributed by atoms with Crippen LogP contribution in [0.25, 0.3) is 0 Å². The Hall–Kier alpha value is 0.717. The van der Waals surface area contributed by atoms with E-state index in [4.69, 9.17) is 27.9 Å². The predicted molar refractivity (Wildman–Crippen MR) is 50.2 cm³/mol. The third-order valence-electron chi connectivity index (χ3n) is 1.10. The molecule has 2 nitrogen and oxygen atoms in total. The Morgan fingerprint density at radius 3 is 2.50 bits per heavy atom. The summed E-state index contributed by atoms with van der Waals surface area (Å²) in [6.45, 7) is 2.57. The smallest absolute Gasteiger partial charge is 0.237 e. The molecule has 0 radical (unpaired) electrons. The van der Waals surface area contributed by atoms with Crippen molar-refractivity contribution in [2.24, 2.45) is 5.73 Å². The molecule has 10 heavy (non-hydrogen) atoms. The van der Waals surface area contributed by atoms with Crippen molar-refractivity contribution in [1.82, 2.24) is 5.32 Å². The molecular formula is C5H14Cl2N2Si. The molecule has 0 rings (SSSR count). The summed E-state index contributed by atoms with van der Waals surface area (Å²) in [5.41, 5.74) is 5.26. The van der Waals surface area contributed by atoms with Gasteiger partial charge in [0.2, 0.25) is 7.42 Å². The minimum atomic E-state index is -1.35. The van der Waals surface area contributed by atoms with Crippen LogP contribution in [0.1, 0.15) is 6.42 Å². The van der Waals surface area contributed by atoms with Gasteiger partial charge in [-0.1, -0.05) is 0 Å². The van der Waals surface area contributed by atoms with E-state index in [-0.39, 0.29) is 0 Å². The Bertz CT molecular complexity index is 72.7. The Morgan fingerprint density at radius 1 is 1.30 bits per heavy atom. The van der Waals surface area contributed by atoms with Gasteiger partial charge in [-0.3, -0.25) is 0 Å². The second-order valence-electron chi connectivity index (χ2n) is 2.07. The summed E-state index contributed by atoms with van der Waals surface area (Å²) >= 11 is 11.3. The summed E-state index contributed by atoms with van der Waals surface area (Å²) in [5.74, 6) is 0. The van der Waals surface area contributed by atoms with Gasteiger partial charge in [-0.25, -0.2) is 0 Å². The molecule has 3 N–H and O–H groups in total. The largest absolute Gasteiger partial charge is 0.329 e. The highest BCUT2D eigenvalue weighted by atomic mass is 35.7. The summed E-state index contributed by atoms with van der Waals surface area (Å²) < 4.78 is 0. The van der Waals surface area contributed by atoms with E-state index >= 15 is 0 Å². The number of nitrogens with two attached hydrogens (primary N) is 1. The second kappa shape index (κ2) is 7.82. The van der Waals surface area contributed by atoms with Crippen LogP contribution in [-0.4, -0.2) is 27.1 Å². The zero-order chi connectivity index (χ0) is 7.82. The summed E-state index contributed by atoms with van der Waals surface area (Å²) in [6.07, 6.45) is 1.07. The maximum atomic E-state index is 5.64. The Morgan fingerprint density at radius 2 is 2.00 bits per heavy atom. The molecule has 0 aliphatic heterocycles. The van der Waals surface area contributed by atoms with Crippen molar-refractivity contribution >= 4 is 29.6 Å². The standard InChI is InChI=1S/C5H14Cl2N2Si/c6-10(7)5-1-3-9-4-2-8/h9-10H,1-5,8H2. The van der Waals surface area contributed by atoms with E-state index in [1.807, 2.05) is 0 Å². The average Bonchev–Trinajstić information content (AvgIpc) is 1.87. The van der Waals surface area contributed by atoms with Crippen molar-refractivity contribution in [1.29, 1.82) is 0 Å². The van der Waals surface area contributed by atoms with Crippen molar-refractivity contribution < 1.29 is 0 Å². The molecule has 0 aromatic carbocycles. The number of halogens is 2. The fraction of sp³-hybridized carbons (Fsp3) is 1.00. The van der Waals surface area contributed by atoms with Crippen LogP contribution < -0.4 is 11.1 Å². The van der Waals surface area contributed by atoms with Gasteiger partial charge in [-0.2, -0.15) is 22.2 Å². The van der Waals surface area contributed by atoms with Crippen LogP contribution in [0.15, 0.2) is 0 Å². The van der Waals surface area contributed by atoms with Gasteiger partial charge in [0.15, 0.2) is 0 Å². The van der Waals surface area contributed by atoms with Crippen molar-refractivity contribution in [3.05, 3.63) is 0 Å². The predicted octanol–water partition coefficient (Wildman–Crippen LogP) is 0.623. The fourth-order valence-corrected chi connectivity index (χ4v) is 2.05. The van der Waals surface area contributed by atoms with Gasteiger partial charge in [0.25, 0.3) is 0 Å². The zero-order valence-corrected chi connectivity index (χ0v) is 8.61. The molecule has 0 aliphatic carbocycles. The van der Waals surface area contributed by atoms with Crippen molar-refractivity contribution in [2.45, 2.75) is 12.5 Å². The molecule has 0 aromatic rings. The van der Waals surface area contributed by atoms with E-state index in [1.165, 1.54) is 0 Å². The molecule has 5 heteroatoms. The number of hydrogen-bond donors (Lipinski definition) is 2. The van der Waals surface area contributed by atoms with Crippen LogP contribution in [0, 0.1) is 0 Å². The third kappa shape index (κ3) is 8.72. The van der Waals surface area contributed by atoms with E-state index in [0.717, 1.165) is 25.6 Å². The summed E-state index contributed by atoms with van der Waals surface area (Å²) in [4.78, 5) is 0. The molecule has 0 saturated heterocycles. The first-order valence-corrected chi connectivity index (χ1v) is 7.77. The Labute approximate surface area is 73.1 Å². The first kappa shape index (κ1) is 10.7. The lowest BCUT2D eigenvalue weighted by atomic mass is 10.5. The molecule has 0 aromatic heterocycles. The minimum Gasteiger partial charge on any atom is -0.329 e. The SMILES string of the molecule is NCCNCCC[SiH](Cl)Cl. The van der Waals surface area contributed by atoms with Crippen LogP contribution in [0.4, 0.5) is 0 Å². The monoisotopic (exact) mass is 200 g/mol. The van der Waals surface area contributed by atoms with Crippen LogP contribution in [0.5, 0.6) is 0 Å². The summed E-state index contributed by atoms with van der Waals surface area (Å²) in [5, 5.41) is 3.17. The summed E-state index contributed by atoms with van der Waals surface area (Å²) in [7, 11) is -1.35. The molecule has 0 spiro atoms. The molecule has 0 bridgehead atoms. The van der Waals surface area contributed by atoms with E-state index in [1.54, 1.807) is 0 Å². The minimum absolute atomic E-state index is 0.697. The third-order valence-corrected chi connectivity index (χ3v) is 3.25. The van der Waals surface area contributed by atoms with Gasteiger partial charge in [0.05, 0.1) is 0 Å². The quantitative estimate of drug-likeness (QED) is 0.375. The topological polar surface area (TPSA) is 38.0 Å². The average molecular weight is 201 g/mol. The second-order valence-corrected chi connectivity index (χ2v) is 7.26. The van der Waals surface area contributed by atoms with Crippen molar-refractivity contribution in [3.63, 3.8) is 0 Å². The van der Waals surface area contributed by atoms with Gasteiger partial charge in [0, 0.05) is 13.1 Å². The molecule has 0 saturated carbocycles. The molecule has 0 unspecified atom stereocenters. The number of hydrogen-bond acceptors (Lipinski definition) is 2. The van der Waals surface area contributed by atoms with E-state index < -0.39 is 7.42 Å². The van der Waals surface area contributed by atoms with Crippen LogP contribution in [-0.2, 0) is 0 Å².